The Hall–Kier alpha value is -0.980. The van der Waals surface area contributed by atoms with E-state index in [4.69, 9.17) is 21.4 Å². The van der Waals surface area contributed by atoms with E-state index in [0.29, 0.717) is 19.8 Å². The van der Waals surface area contributed by atoms with Crippen LogP contribution in [-0.4, -0.2) is 47.5 Å². The standard InChI is InChI=1S/C9H11ClFN3O2/c10-9-12-3-7(11)8(13-9)14-1-2-16-5-6(14)4-15/h3,6,15H,1-2,4-5H2. The molecule has 0 saturated carbocycles. The summed E-state index contributed by atoms with van der Waals surface area (Å²) in [6.45, 7) is 1.16. The second kappa shape index (κ2) is 4.90. The Morgan fingerprint density at radius 3 is 3.25 bits per heavy atom. The van der Waals surface area contributed by atoms with Gasteiger partial charge in [0.2, 0.25) is 5.28 Å². The van der Waals surface area contributed by atoms with Gasteiger partial charge in [-0.15, -0.1) is 0 Å². The quantitative estimate of drug-likeness (QED) is 0.770. The molecule has 1 aliphatic rings. The van der Waals surface area contributed by atoms with Crippen LogP contribution in [0.3, 0.4) is 0 Å². The van der Waals surface area contributed by atoms with Gasteiger partial charge in [-0.25, -0.2) is 9.37 Å². The summed E-state index contributed by atoms with van der Waals surface area (Å²) in [6, 6.07) is -0.297. The number of morpholine rings is 1. The fourth-order valence-corrected chi connectivity index (χ4v) is 1.75. The molecule has 0 aromatic carbocycles. The number of aliphatic hydroxyl groups excluding tert-OH is 1. The first-order valence-electron chi connectivity index (χ1n) is 4.85. The van der Waals surface area contributed by atoms with Gasteiger partial charge in [-0.2, -0.15) is 4.98 Å². The molecule has 0 amide bonds. The summed E-state index contributed by atoms with van der Waals surface area (Å²) in [5, 5.41) is 9.15. The van der Waals surface area contributed by atoms with Crippen molar-refractivity contribution in [3.63, 3.8) is 0 Å². The zero-order valence-electron chi connectivity index (χ0n) is 8.44. The van der Waals surface area contributed by atoms with Crippen LogP contribution >= 0.6 is 11.6 Å². The molecule has 0 bridgehead atoms. The van der Waals surface area contributed by atoms with Crippen LogP contribution in [0.25, 0.3) is 0 Å². The Morgan fingerprint density at radius 2 is 2.50 bits per heavy atom. The Labute approximate surface area is 96.8 Å². The molecule has 1 fully saturated rings. The van der Waals surface area contributed by atoms with Crippen molar-refractivity contribution in [2.75, 3.05) is 31.3 Å². The second-order valence-corrected chi connectivity index (χ2v) is 3.75. The van der Waals surface area contributed by atoms with E-state index in [1.165, 1.54) is 0 Å². The van der Waals surface area contributed by atoms with E-state index >= 15 is 0 Å². The summed E-state index contributed by atoms with van der Waals surface area (Å²) in [4.78, 5) is 9.02. The summed E-state index contributed by atoms with van der Waals surface area (Å²) >= 11 is 5.62. The van der Waals surface area contributed by atoms with Gasteiger partial charge in [0.15, 0.2) is 11.6 Å². The summed E-state index contributed by atoms with van der Waals surface area (Å²) < 4.78 is 18.7. The lowest BCUT2D eigenvalue weighted by atomic mass is 10.2. The van der Waals surface area contributed by atoms with Gasteiger partial charge in [0.1, 0.15) is 0 Å². The molecule has 1 atom stereocenters. The number of nitrogens with zero attached hydrogens (tertiary/aromatic N) is 3. The molecule has 1 aromatic rings. The maximum absolute atomic E-state index is 13.5. The zero-order chi connectivity index (χ0) is 11.5. The van der Waals surface area contributed by atoms with Crippen LogP contribution in [0.4, 0.5) is 10.2 Å². The number of hydrogen-bond acceptors (Lipinski definition) is 5. The SMILES string of the molecule is OCC1COCCN1c1nc(Cl)ncc1F. The average Bonchev–Trinajstić information content (AvgIpc) is 2.32. The van der Waals surface area contributed by atoms with E-state index in [9.17, 15) is 4.39 Å². The van der Waals surface area contributed by atoms with Crippen molar-refractivity contribution in [3.05, 3.63) is 17.3 Å². The summed E-state index contributed by atoms with van der Waals surface area (Å²) in [5.74, 6) is -0.438. The van der Waals surface area contributed by atoms with E-state index in [1.807, 2.05) is 0 Å². The fraction of sp³-hybridized carbons (Fsp3) is 0.556. The number of halogens is 2. The largest absolute Gasteiger partial charge is 0.394 e. The molecule has 2 rings (SSSR count). The Kier molecular flexibility index (Phi) is 3.52. The molecule has 0 spiro atoms. The van der Waals surface area contributed by atoms with Crippen molar-refractivity contribution in [2.45, 2.75) is 6.04 Å². The predicted molar refractivity (Wildman–Crippen MR) is 56.0 cm³/mol. The van der Waals surface area contributed by atoms with Crippen LogP contribution < -0.4 is 4.90 Å². The number of hydrogen-bond donors (Lipinski definition) is 1. The van der Waals surface area contributed by atoms with Crippen LogP contribution in [-0.2, 0) is 4.74 Å². The molecular formula is C9H11ClFN3O2. The number of aromatic nitrogens is 2. The number of aliphatic hydroxyl groups is 1. The van der Waals surface area contributed by atoms with Crippen LogP contribution in [0.5, 0.6) is 0 Å². The lowest BCUT2D eigenvalue weighted by molar-refractivity contribution is 0.0719. The zero-order valence-corrected chi connectivity index (χ0v) is 9.19. The van der Waals surface area contributed by atoms with E-state index in [2.05, 4.69) is 9.97 Å². The van der Waals surface area contributed by atoms with Gasteiger partial charge in [-0.05, 0) is 11.6 Å². The molecule has 88 valence electrons. The highest BCUT2D eigenvalue weighted by Crippen LogP contribution is 2.21. The van der Waals surface area contributed by atoms with Gasteiger partial charge in [0.05, 0.1) is 32.1 Å². The van der Waals surface area contributed by atoms with Crippen LogP contribution in [0, 0.1) is 5.82 Å². The molecule has 0 radical (unpaired) electrons. The van der Waals surface area contributed by atoms with Gasteiger partial charge in [0.25, 0.3) is 0 Å². The lowest BCUT2D eigenvalue weighted by Gasteiger charge is -2.35. The molecule has 7 heteroatoms. The monoisotopic (exact) mass is 247 g/mol. The molecule has 1 saturated heterocycles. The summed E-state index contributed by atoms with van der Waals surface area (Å²) in [7, 11) is 0. The number of anilines is 1. The third-order valence-electron chi connectivity index (χ3n) is 2.41. The number of ether oxygens (including phenoxy) is 1. The highest BCUT2D eigenvalue weighted by molar-refractivity contribution is 6.28. The van der Waals surface area contributed by atoms with Gasteiger partial charge in [0, 0.05) is 6.54 Å². The molecule has 0 aliphatic carbocycles. The minimum atomic E-state index is -0.551. The van der Waals surface area contributed by atoms with Crippen LogP contribution in [0.2, 0.25) is 5.28 Å². The third kappa shape index (κ3) is 2.23. The average molecular weight is 248 g/mol. The topological polar surface area (TPSA) is 58.5 Å². The van der Waals surface area contributed by atoms with Crippen molar-refractivity contribution in [1.29, 1.82) is 0 Å². The van der Waals surface area contributed by atoms with Gasteiger partial charge in [-0.1, -0.05) is 0 Å². The van der Waals surface area contributed by atoms with E-state index in [-0.39, 0.29) is 23.8 Å². The number of rotatable bonds is 2. The van der Waals surface area contributed by atoms with E-state index in [1.54, 1.807) is 4.90 Å². The second-order valence-electron chi connectivity index (χ2n) is 3.42. The van der Waals surface area contributed by atoms with Gasteiger partial charge in [-0.3, -0.25) is 0 Å². The molecule has 16 heavy (non-hydrogen) atoms. The Morgan fingerprint density at radius 1 is 1.69 bits per heavy atom. The van der Waals surface area contributed by atoms with E-state index < -0.39 is 5.82 Å². The normalized spacial score (nSPS) is 21.2. The third-order valence-corrected chi connectivity index (χ3v) is 2.59. The minimum Gasteiger partial charge on any atom is -0.394 e. The Balaban J connectivity index is 2.30. The molecule has 1 unspecified atom stereocenters. The van der Waals surface area contributed by atoms with Gasteiger partial charge < -0.3 is 14.7 Å². The minimum absolute atomic E-state index is 0.0143. The first kappa shape index (κ1) is 11.5. The van der Waals surface area contributed by atoms with Gasteiger partial charge >= 0.3 is 0 Å². The maximum atomic E-state index is 13.5. The highest BCUT2D eigenvalue weighted by atomic mass is 35.5. The Bertz CT molecular complexity index is 380. The molecule has 1 aromatic heterocycles. The predicted octanol–water partition coefficient (Wildman–Crippen LogP) is 0.467. The van der Waals surface area contributed by atoms with Crippen LogP contribution in [0.15, 0.2) is 6.20 Å². The first-order valence-corrected chi connectivity index (χ1v) is 5.23. The first-order chi connectivity index (χ1) is 7.72. The molecule has 5 nitrogen and oxygen atoms in total. The molecule has 1 aliphatic heterocycles. The molecule has 1 N–H and O–H groups in total. The smallest absolute Gasteiger partial charge is 0.224 e. The molecular weight excluding hydrogens is 237 g/mol. The lowest BCUT2D eigenvalue weighted by Crippen LogP contribution is -2.48. The van der Waals surface area contributed by atoms with Crippen molar-refractivity contribution < 1.29 is 14.2 Å². The van der Waals surface area contributed by atoms with Crippen molar-refractivity contribution >= 4 is 17.4 Å². The van der Waals surface area contributed by atoms with Crippen LogP contribution in [0.1, 0.15) is 0 Å². The van der Waals surface area contributed by atoms with Crippen molar-refractivity contribution in [2.24, 2.45) is 0 Å². The van der Waals surface area contributed by atoms with Crippen molar-refractivity contribution in [3.8, 4) is 0 Å². The summed E-state index contributed by atoms with van der Waals surface area (Å²) in [6.07, 6.45) is 1.02. The maximum Gasteiger partial charge on any atom is 0.224 e. The van der Waals surface area contributed by atoms with E-state index in [0.717, 1.165) is 6.20 Å². The fourth-order valence-electron chi connectivity index (χ4n) is 1.62. The molecule has 2 heterocycles. The van der Waals surface area contributed by atoms with Crippen molar-refractivity contribution in [1.82, 2.24) is 9.97 Å². The summed E-state index contributed by atoms with van der Waals surface area (Å²) in [5.41, 5.74) is 0. The highest BCUT2D eigenvalue weighted by Gasteiger charge is 2.26.